The lowest BCUT2D eigenvalue weighted by atomic mass is 10.2. The number of rotatable bonds is 6. The first kappa shape index (κ1) is 15.9. The molecule has 1 heterocycles. The normalized spacial score (nSPS) is 11.8. The molecule has 0 aliphatic carbocycles. The van der Waals surface area contributed by atoms with Crippen LogP contribution in [0.15, 0.2) is 35.5 Å². The summed E-state index contributed by atoms with van der Waals surface area (Å²) in [5.41, 5.74) is 5.42. The number of aromatic nitrogens is 2. The standard InChI is InChI=1S/C12H14ClFN4O2S/c13-10-6-9(8-15)12(14)11(7-10)21(19,20)17-3-5-18-4-1-2-16-18/h1-2,4,6-7,17H,3,5,8,15H2. The first-order chi connectivity index (χ1) is 9.94. The zero-order chi connectivity index (χ0) is 15.5. The number of hydrogen-bond donors (Lipinski definition) is 2. The molecule has 0 atom stereocenters. The highest BCUT2D eigenvalue weighted by Gasteiger charge is 2.21. The molecule has 3 N–H and O–H groups in total. The second kappa shape index (κ2) is 6.52. The maximum atomic E-state index is 14.1. The van der Waals surface area contributed by atoms with E-state index in [1.165, 1.54) is 6.07 Å². The minimum absolute atomic E-state index is 0.0509. The number of hydrogen-bond acceptors (Lipinski definition) is 4. The molecule has 1 aromatic carbocycles. The lowest BCUT2D eigenvalue weighted by molar-refractivity contribution is 0.540. The molecule has 2 rings (SSSR count). The van der Waals surface area contributed by atoms with Gasteiger partial charge in [-0.25, -0.2) is 17.5 Å². The number of sulfonamides is 1. The smallest absolute Gasteiger partial charge is 0.243 e. The second-order valence-corrected chi connectivity index (χ2v) is 6.42. The Bertz CT molecular complexity index is 719. The largest absolute Gasteiger partial charge is 0.326 e. The van der Waals surface area contributed by atoms with Crippen LogP contribution in [0.1, 0.15) is 5.56 Å². The Balaban J connectivity index is 2.17. The van der Waals surface area contributed by atoms with Crippen molar-refractivity contribution in [3.05, 3.63) is 47.0 Å². The highest BCUT2D eigenvalue weighted by Crippen LogP contribution is 2.23. The molecule has 2 aromatic rings. The summed E-state index contributed by atoms with van der Waals surface area (Å²) >= 11 is 5.79. The molecule has 114 valence electrons. The van der Waals surface area contributed by atoms with Crippen molar-refractivity contribution in [1.29, 1.82) is 0 Å². The summed E-state index contributed by atoms with van der Waals surface area (Å²) in [6.45, 7) is 0.272. The third-order valence-corrected chi connectivity index (χ3v) is 4.46. The SMILES string of the molecule is NCc1cc(Cl)cc(S(=O)(=O)NCCn2cccn2)c1F. The zero-order valence-corrected chi connectivity index (χ0v) is 12.5. The van der Waals surface area contributed by atoms with Crippen molar-refractivity contribution >= 4 is 21.6 Å². The van der Waals surface area contributed by atoms with E-state index in [-0.39, 0.29) is 23.7 Å². The van der Waals surface area contributed by atoms with Crippen molar-refractivity contribution in [1.82, 2.24) is 14.5 Å². The van der Waals surface area contributed by atoms with Crippen LogP contribution in [0.4, 0.5) is 4.39 Å². The van der Waals surface area contributed by atoms with Crippen LogP contribution in [0, 0.1) is 5.82 Å². The summed E-state index contributed by atoms with van der Waals surface area (Å²) in [6.07, 6.45) is 3.28. The van der Waals surface area contributed by atoms with E-state index in [2.05, 4.69) is 9.82 Å². The molecule has 0 bridgehead atoms. The summed E-state index contributed by atoms with van der Waals surface area (Å²) in [7, 11) is -4.01. The van der Waals surface area contributed by atoms with E-state index in [0.29, 0.717) is 6.54 Å². The monoisotopic (exact) mass is 332 g/mol. The van der Waals surface area contributed by atoms with Crippen LogP contribution >= 0.6 is 11.6 Å². The van der Waals surface area contributed by atoms with Gasteiger partial charge in [0.15, 0.2) is 0 Å². The predicted octanol–water partition coefficient (Wildman–Crippen LogP) is 1.11. The predicted molar refractivity (Wildman–Crippen MR) is 76.7 cm³/mol. The molecule has 9 heteroatoms. The zero-order valence-electron chi connectivity index (χ0n) is 11.0. The van der Waals surface area contributed by atoms with Crippen molar-refractivity contribution in [2.24, 2.45) is 5.73 Å². The van der Waals surface area contributed by atoms with Gasteiger partial charge in [-0.2, -0.15) is 5.10 Å². The molecule has 0 saturated heterocycles. The van der Waals surface area contributed by atoms with Gasteiger partial charge >= 0.3 is 0 Å². The molecule has 0 amide bonds. The molecule has 0 spiro atoms. The van der Waals surface area contributed by atoms with E-state index in [4.69, 9.17) is 17.3 Å². The Morgan fingerprint density at radius 1 is 1.43 bits per heavy atom. The number of halogens is 2. The van der Waals surface area contributed by atoms with E-state index < -0.39 is 20.7 Å². The Hall–Kier alpha value is -1.48. The molecule has 0 unspecified atom stereocenters. The van der Waals surface area contributed by atoms with Gasteiger partial charge in [0.05, 0.1) is 6.54 Å². The average Bonchev–Trinajstić information content (AvgIpc) is 2.93. The quantitative estimate of drug-likeness (QED) is 0.829. The van der Waals surface area contributed by atoms with Crippen molar-refractivity contribution in [3.63, 3.8) is 0 Å². The van der Waals surface area contributed by atoms with Crippen molar-refractivity contribution in [3.8, 4) is 0 Å². The summed E-state index contributed by atoms with van der Waals surface area (Å²) < 4.78 is 42.2. The Morgan fingerprint density at radius 3 is 2.81 bits per heavy atom. The first-order valence-electron chi connectivity index (χ1n) is 6.09. The number of nitrogens with zero attached hydrogens (tertiary/aromatic N) is 2. The topological polar surface area (TPSA) is 90.0 Å². The minimum atomic E-state index is -4.01. The van der Waals surface area contributed by atoms with Gasteiger partial charge in [0.1, 0.15) is 10.7 Å². The lowest BCUT2D eigenvalue weighted by Gasteiger charge is -2.10. The van der Waals surface area contributed by atoms with Crippen LogP contribution in [0.5, 0.6) is 0 Å². The van der Waals surface area contributed by atoms with Crippen molar-refractivity contribution < 1.29 is 12.8 Å². The van der Waals surface area contributed by atoms with Gasteiger partial charge in [-0.3, -0.25) is 4.68 Å². The Kier molecular flexibility index (Phi) is 4.94. The number of benzene rings is 1. The summed E-state index contributed by atoms with van der Waals surface area (Å²) in [5, 5.41) is 4.05. The third kappa shape index (κ3) is 3.79. The van der Waals surface area contributed by atoms with Gasteiger partial charge in [0.25, 0.3) is 0 Å². The van der Waals surface area contributed by atoms with E-state index in [1.54, 1.807) is 23.1 Å². The highest BCUT2D eigenvalue weighted by atomic mass is 35.5. The Labute approximate surface area is 126 Å². The summed E-state index contributed by atoms with van der Waals surface area (Å²) in [5.74, 6) is -0.881. The van der Waals surface area contributed by atoms with E-state index in [1.807, 2.05) is 0 Å². The molecule has 0 fully saturated rings. The van der Waals surface area contributed by atoms with E-state index >= 15 is 0 Å². The van der Waals surface area contributed by atoms with Crippen LogP contribution in [-0.4, -0.2) is 24.7 Å². The van der Waals surface area contributed by atoms with Crippen LogP contribution < -0.4 is 10.5 Å². The summed E-state index contributed by atoms with van der Waals surface area (Å²) in [4.78, 5) is -0.504. The molecular formula is C12H14ClFN4O2S. The number of nitrogens with one attached hydrogen (secondary N) is 1. The van der Waals surface area contributed by atoms with Crippen molar-refractivity contribution in [2.45, 2.75) is 18.0 Å². The maximum Gasteiger partial charge on any atom is 0.243 e. The average molecular weight is 333 g/mol. The van der Waals surface area contributed by atoms with Crippen LogP contribution in [0.3, 0.4) is 0 Å². The molecule has 1 aromatic heterocycles. The van der Waals surface area contributed by atoms with Gasteiger partial charge in [0, 0.05) is 36.1 Å². The fourth-order valence-corrected chi connectivity index (χ4v) is 3.24. The molecule has 0 aliphatic rings. The van der Waals surface area contributed by atoms with E-state index in [0.717, 1.165) is 6.07 Å². The van der Waals surface area contributed by atoms with Crippen LogP contribution in [0.2, 0.25) is 5.02 Å². The highest BCUT2D eigenvalue weighted by molar-refractivity contribution is 7.89. The molecule has 6 nitrogen and oxygen atoms in total. The third-order valence-electron chi connectivity index (χ3n) is 2.78. The first-order valence-corrected chi connectivity index (χ1v) is 7.95. The molecule has 0 radical (unpaired) electrons. The second-order valence-electron chi connectivity index (χ2n) is 4.25. The maximum absolute atomic E-state index is 14.1. The molecule has 0 aliphatic heterocycles. The Morgan fingerprint density at radius 2 is 2.19 bits per heavy atom. The summed E-state index contributed by atoms with van der Waals surface area (Å²) in [6, 6.07) is 4.09. The van der Waals surface area contributed by atoms with E-state index in [9.17, 15) is 12.8 Å². The fraction of sp³-hybridized carbons (Fsp3) is 0.250. The van der Waals surface area contributed by atoms with Crippen LogP contribution in [0.25, 0.3) is 0 Å². The van der Waals surface area contributed by atoms with Crippen LogP contribution in [-0.2, 0) is 23.1 Å². The van der Waals surface area contributed by atoms with Gasteiger partial charge in [-0.15, -0.1) is 0 Å². The van der Waals surface area contributed by atoms with Gasteiger partial charge in [-0.1, -0.05) is 11.6 Å². The van der Waals surface area contributed by atoms with Gasteiger partial charge in [-0.05, 0) is 18.2 Å². The van der Waals surface area contributed by atoms with Gasteiger partial charge < -0.3 is 5.73 Å². The van der Waals surface area contributed by atoms with Crippen molar-refractivity contribution in [2.75, 3.05) is 6.54 Å². The molecular weight excluding hydrogens is 319 g/mol. The molecule has 21 heavy (non-hydrogen) atoms. The number of nitrogens with two attached hydrogens (primary N) is 1. The minimum Gasteiger partial charge on any atom is -0.326 e. The fourth-order valence-electron chi connectivity index (χ4n) is 1.77. The van der Waals surface area contributed by atoms with Gasteiger partial charge in [0.2, 0.25) is 10.0 Å². The lowest BCUT2D eigenvalue weighted by Crippen LogP contribution is -2.28. The molecule has 0 saturated carbocycles.